The molecule has 1 amide bonds. The minimum atomic E-state index is -0.297. The van der Waals surface area contributed by atoms with E-state index in [9.17, 15) is 9.59 Å². The van der Waals surface area contributed by atoms with E-state index in [1.807, 2.05) is 31.2 Å². The molecular weight excluding hydrogens is 450 g/mol. The zero-order valence-corrected chi connectivity index (χ0v) is 19.8. The Balaban J connectivity index is 1.46. The van der Waals surface area contributed by atoms with Gasteiger partial charge in [-0.2, -0.15) is 0 Å². The number of carbonyl (C=O) groups is 2. The molecule has 1 N–H and O–H groups in total. The lowest BCUT2D eigenvalue weighted by atomic mass is 10.1. The largest absolute Gasteiger partial charge is 0.493 e. The van der Waals surface area contributed by atoms with Crippen LogP contribution >= 0.6 is 0 Å². The van der Waals surface area contributed by atoms with Crippen LogP contribution in [0.25, 0.3) is 6.08 Å². The SMILES string of the molecule is COc1cc(C=C2Oc3cc(OCC(=O)Nc4ccc(C)cc4)ccc3C2=O)cc(OC)c1OC. The van der Waals surface area contributed by atoms with E-state index in [1.54, 1.807) is 36.4 Å². The maximum atomic E-state index is 12.9. The fourth-order valence-electron chi connectivity index (χ4n) is 3.58. The van der Waals surface area contributed by atoms with Crippen molar-refractivity contribution in [2.24, 2.45) is 0 Å². The van der Waals surface area contributed by atoms with Crippen LogP contribution in [0, 0.1) is 6.92 Å². The van der Waals surface area contributed by atoms with Gasteiger partial charge in [-0.25, -0.2) is 0 Å². The van der Waals surface area contributed by atoms with Crippen LogP contribution in [0.1, 0.15) is 21.5 Å². The molecule has 3 aromatic rings. The van der Waals surface area contributed by atoms with E-state index >= 15 is 0 Å². The summed E-state index contributed by atoms with van der Waals surface area (Å²) in [6, 6.07) is 15.7. The van der Waals surface area contributed by atoms with Gasteiger partial charge in [0.05, 0.1) is 26.9 Å². The summed E-state index contributed by atoms with van der Waals surface area (Å²) >= 11 is 0. The standard InChI is InChI=1S/C27H25NO7/c1-16-5-7-18(8-6-16)28-25(29)15-34-19-9-10-20-21(14-19)35-22(26(20)30)11-17-12-23(31-2)27(33-4)24(13-17)32-3/h5-14H,15H2,1-4H3,(H,28,29). The molecule has 0 aromatic heterocycles. The summed E-state index contributed by atoms with van der Waals surface area (Å²) in [5.74, 6) is 1.71. The number of aryl methyl sites for hydroxylation is 1. The van der Waals surface area contributed by atoms with Crippen LogP contribution in [-0.4, -0.2) is 39.6 Å². The van der Waals surface area contributed by atoms with Gasteiger partial charge in [0, 0.05) is 11.8 Å². The number of amides is 1. The predicted octanol–water partition coefficient (Wildman–Crippen LogP) is 4.65. The zero-order chi connectivity index (χ0) is 24.9. The second-order valence-corrected chi connectivity index (χ2v) is 7.76. The second-order valence-electron chi connectivity index (χ2n) is 7.76. The number of nitrogens with one attached hydrogen (secondary N) is 1. The number of Topliss-reactive ketones (excluding diaryl/α,β-unsaturated/α-hetero) is 1. The van der Waals surface area contributed by atoms with Gasteiger partial charge in [-0.15, -0.1) is 0 Å². The molecule has 0 fully saturated rings. The molecule has 4 rings (SSSR count). The Labute approximate surface area is 203 Å². The number of ketones is 1. The van der Waals surface area contributed by atoms with Crippen molar-refractivity contribution < 1.29 is 33.3 Å². The molecule has 0 unspecified atom stereocenters. The first-order chi connectivity index (χ1) is 16.9. The maximum Gasteiger partial charge on any atom is 0.262 e. The number of methoxy groups -OCH3 is 3. The molecule has 0 aliphatic carbocycles. The van der Waals surface area contributed by atoms with Gasteiger partial charge in [-0.05, 0) is 55.0 Å². The van der Waals surface area contributed by atoms with E-state index < -0.39 is 0 Å². The van der Waals surface area contributed by atoms with Gasteiger partial charge in [-0.3, -0.25) is 9.59 Å². The van der Waals surface area contributed by atoms with E-state index in [2.05, 4.69) is 5.32 Å². The predicted molar refractivity (Wildman–Crippen MR) is 131 cm³/mol. The Bertz CT molecular complexity index is 1270. The number of rotatable bonds is 8. The van der Waals surface area contributed by atoms with Crippen molar-refractivity contribution in [1.29, 1.82) is 0 Å². The Kier molecular flexibility index (Phi) is 6.91. The molecule has 35 heavy (non-hydrogen) atoms. The van der Waals surface area contributed by atoms with E-state index in [4.69, 9.17) is 23.7 Å². The number of hydrogen-bond acceptors (Lipinski definition) is 7. The maximum absolute atomic E-state index is 12.9. The lowest BCUT2D eigenvalue weighted by molar-refractivity contribution is -0.118. The van der Waals surface area contributed by atoms with Crippen molar-refractivity contribution in [2.45, 2.75) is 6.92 Å². The third-order valence-corrected chi connectivity index (χ3v) is 5.33. The van der Waals surface area contributed by atoms with Gasteiger partial charge in [0.25, 0.3) is 5.91 Å². The van der Waals surface area contributed by atoms with Gasteiger partial charge in [-0.1, -0.05) is 17.7 Å². The monoisotopic (exact) mass is 475 g/mol. The number of fused-ring (bicyclic) bond motifs is 1. The molecule has 0 atom stereocenters. The van der Waals surface area contributed by atoms with Crippen molar-refractivity contribution in [3.8, 4) is 28.7 Å². The zero-order valence-electron chi connectivity index (χ0n) is 19.8. The van der Waals surface area contributed by atoms with Gasteiger partial charge >= 0.3 is 0 Å². The van der Waals surface area contributed by atoms with Crippen LogP contribution in [-0.2, 0) is 4.79 Å². The van der Waals surface area contributed by atoms with Gasteiger partial charge < -0.3 is 29.0 Å². The second kappa shape index (κ2) is 10.2. The topological polar surface area (TPSA) is 92.3 Å². The summed E-state index contributed by atoms with van der Waals surface area (Å²) in [6.07, 6.45) is 1.60. The fourth-order valence-corrected chi connectivity index (χ4v) is 3.58. The average Bonchev–Trinajstić information content (AvgIpc) is 3.17. The average molecular weight is 475 g/mol. The molecule has 0 saturated heterocycles. The lowest BCUT2D eigenvalue weighted by Gasteiger charge is -2.13. The summed E-state index contributed by atoms with van der Waals surface area (Å²) < 4.78 is 27.5. The molecule has 1 heterocycles. The molecule has 0 spiro atoms. The van der Waals surface area contributed by atoms with Crippen LogP contribution in [0.4, 0.5) is 5.69 Å². The van der Waals surface area contributed by atoms with Crippen LogP contribution in [0.5, 0.6) is 28.7 Å². The smallest absolute Gasteiger partial charge is 0.262 e. The molecule has 8 heteroatoms. The van der Waals surface area contributed by atoms with Crippen LogP contribution in [0.2, 0.25) is 0 Å². The van der Waals surface area contributed by atoms with Crippen molar-refractivity contribution in [3.63, 3.8) is 0 Å². The third kappa shape index (κ3) is 5.22. The molecule has 0 saturated carbocycles. The van der Waals surface area contributed by atoms with Gasteiger partial charge in [0.1, 0.15) is 11.5 Å². The van der Waals surface area contributed by atoms with Gasteiger partial charge in [0.2, 0.25) is 11.5 Å². The molecule has 180 valence electrons. The van der Waals surface area contributed by atoms with Crippen molar-refractivity contribution in [3.05, 3.63) is 77.0 Å². The van der Waals surface area contributed by atoms with Crippen molar-refractivity contribution in [2.75, 3.05) is 33.3 Å². The number of hydrogen-bond donors (Lipinski definition) is 1. The molecule has 3 aromatic carbocycles. The Morgan fingerprint density at radius 3 is 2.26 bits per heavy atom. The molecule has 8 nitrogen and oxygen atoms in total. The third-order valence-electron chi connectivity index (χ3n) is 5.33. The van der Waals surface area contributed by atoms with Crippen molar-refractivity contribution >= 4 is 23.5 Å². The van der Waals surface area contributed by atoms with Crippen LogP contribution < -0.4 is 29.0 Å². The Morgan fingerprint density at radius 1 is 0.943 bits per heavy atom. The number of benzene rings is 3. The van der Waals surface area contributed by atoms with E-state index in [0.717, 1.165) is 5.56 Å². The Hall–Kier alpha value is -4.46. The summed E-state index contributed by atoms with van der Waals surface area (Å²) in [5, 5.41) is 2.77. The van der Waals surface area contributed by atoms with Gasteiger partial charge in [0.15, 0.2) is 23.9 Å². The minimum Gasteiger partial charge on any atom is -0.493 e. The lowest BCUT2D eigenvalue weighted by Crippen LogP contribution is -2.20. The van der Waals surface area contributed by atoms with Crippen molar-refractivity contribution in [1.82, 2.24) is 0 Å². The normalized spacial score (nSPS) is 13.1. The highest BCUT2D eigenvalue weighted by molar-refractivity contribution is 6.14. The highest BCUT2D eigenvalue weighted by atomic mass is 16.5. The number of allylic oxidation sites excluding steroid dienone is 1. The highest BCUT2D eigenvalue weighted by Gasteiger charge is 2.28. The molecule has 0 radical (unpaired) electrons. The fraction of sp³-hybridized carbons (Fsp3) is 0.185. The number of anilines is 1. The van der Waals surface area contributed by atoms with Crippen LogP contribution in [0.15, 0.2) is 60.4 Å². The summed E-state index contributed by atoms with van der Waals surface area (Å²) in [5.41, 5.74) is 2.83. The molecule has 1 aliphatic rings. The summed E-state index contributed by atoms with van der Waals surface area (Å²) in [7, 11) is 4.55. The summed E-state index contributed by atoms with van der Waals surface area (Å²) in [4.78, 5) is 25.1. The molecular formula is C27H25NO7. The minimum absolute atomic E-state index is 0.142. The number of ether oxygens (including phenoxy) is 5. The van der Waals surface area contributed by atoms with E-state index in [-0.39, 0.29) is 24.1 Å². The molecule has 1 aliphatic heterocycles. The first kappa shape index (κ1) is 23.7. The van der Waals surface area contributed by atoms with E-state index in [1.165, 1.54) is 21.3 Å². The quantitative estimate of drug-likeness (QED) is 0.474. The highest BCUT2D eigenvalue weighted by Crippen LogP contribution is 2.40. The summed E-state index contributed by atoms with van der Waals surface area (Å²) in [6.45, 7) is 1.79. The Morgan fingerprint density at radius 2 is 1.63 bits per heavy atom. The first-order valence-corrected chi connectivity index (χ1v) is 10.8. The number of carbonyl (C=O) groups excluding carboxylic acids is 2. The first-order valence-electron chi connectivity index (χ1n) is 10.8. The van der Waals surface area contributed by atoms with E-state index in [0.29, 0.717) is 45.6 Å². The molecule has 0 bridgehead atoms. The van der Waals surface area contributed by atoms with Crippen LogP contribution in [0.3, 0.4) is 0 Å².